The number of rotatable bonds is 3. The first-order valence-electron chi connectivity index (χ1n) is 6.47. The second kappa shape index (κ2) is 5.26. The van der Waals surface area contributed by atoms with Crippen molar-refractivity contribution in [3.05, 3.63) is 30.6 Å². The molecule has 1 saturated heterocycles. The van der Waals surface area contributed by atoms with Crippen molar-refractivity contribution in [2.45, 2.75) is 18.8 Å². The number of methoxy groups -OCH3 is 1. The monoisotopic (exact) mass is 259 g/mol. The summed E-state index contributed by atoms with van der Waals surface area (Å²) in [7, 11) is 1.62. The van der Waals surface area contributed by atoms with Gasteiger partial charge in [0.15, 0.2) is 5.75 Å². The van der Waals surface area contributed by atoms with E-state index < -0.39 is 0 Å². The molecule has 0 bridgehead atoms. The number of piperidine rings is 1. The lowest BCUT2D eigenvalue weighted by Crippen LogP contribution is -2.35. The number of H-pyrrole nitrogens is 1. The summed E-state index contributed by atoms with van der Waals surface area (Å²) in [6, 6.07) is 0. The Hall–Kier alpha value is -2.11. The first-order valence-corrected chi connectivity index (χ1v) is 6.47. The molecule has 0 aromatic carbocycles. The quantitative estimate of drug-likeness (QED) is 0.906. The zero-order chi connectivity index (χ0) is 13.1. The standard InChI is InChI=1S/C13H17N5O/c1-19-11-7-16-13(17-8-11)18-6-2-3-10(9-18)12-14-4-5-15-12/h4-5,7-8,10H,2-3,6,9H2,1H3,(H,14,15)/t10-/m1/s1. The average Bonchev–Trinajstić information content (AvgIpc) is 3.02. The number of nitrogens with one attached hydrogen (secondary N) is 1. The summed E-state index contributed by atoms with van der Waals surface area (Å²) >= 11 is 0. The van der Waals surface area contributed by atoms with Gasteiger partial charge in [-0.25, -0.2) is 15.0 Å². The van der Waals surface area contributed by atoms with E-state index in [0.717, 1.165) is 37.7 Å². The maximum absolute atomic E-state index is 5.08. The molecule has 19 heavy (non-hydrogen) atoms. The predicted molar refractivity (Wildman–Crippen MR) is 71.4 cm³/mol. The van der Waals surface area contributed by atoms with Gasteiger partial charge in [0.2, 0.25) is 5.95 Å². The molecule has 0 radical (unpaired) electrons. The van der Waals surface area contributed by atoms with Crippen LogP contribution in [0.3, 0.4) is 0 Å². The van der Waals surface area contributed by atoms with Gasteiger partial charge in [-0.05, 0) is 12.8 Å². The molecule has 2 aromatic rings. The Morgan fingerprint density at radius 1 is 1.32 bits per heavy atom. The van der Waals surface area contributed by atoms with Gasteiger partial charge in [0.1, 0.15) is 5.82 Å². The van der Waals surface area contributed by atoms with Gasteiger partial charge in [-0.15, -0.1) is 0 Å². The molecule has 6 nitrogen and oxygen atoms in total. The molecule has 1 atom stereocenters. The Labute approximate surface area is 111 Å². The lowest BCUT2D eigenvalue weighted by Gasteiger charge is -2.31. The number of aromatic nitrogens is 4. The molecule has 0 aliphatic carbocycles. The van der Waals surface area contributed by atoms with Gasteiger partial charge in [0.25, 0.3) is 0 Å². The first-order chi connectivity index (χ1) is 9.36. The van der Waals surface area contributed by atoms with Crippen molar-refractivity contribution in [1.29, 1.82) is 0 Å². The van der Waals surface area contributed by atoms with Gasteiger partial charge in [0.05, 0.1) is 19.5 Å². The molecule has 1 aliphatic rings. The topological polar surface area (TPSA) is 66.9 Å². The van der Waals surface area contributed by atoms with Crippen LogP contribution in [0, 0.1) is 0 Å². The van der Waals surface area contributed by atoms with E-state index in [1.54, 1.807) is 25.7 Å². The molecule has 6 heteroatoms. The highest BCUT2D eigenvalue weighted by Crippen LogP contribution is 2.26. The Morgan fingerprint density at radius 2 is 2.16 bits per heavy atom. The summed E-state index contributed by atoms with van der Waals surface area (Å²) in [5.41, 5.74) is 0. The number of hydrogen-bond donors (Lipinski definition) is 1. The zero-order valence-corrected chi connectivity index (χ0v) is 10.9. The van der Waals surface area contributed by atoms with E-state index in [1.165, 1.54) is 0 Å². The van der Waals surface area contributed by atoms with Crippen molar-refractivity contribution in [3.8, 4) is 5.75 Å². The fourth-order valence-corrected chi connectivity index (χ4v) is 2.46. The highest BCUT2D eigenvalue weighted by molar-refractivity contribution is 5.33. The summed E-state index contributed by atoms with van der Waals surface area (Å²) in [5, 5.41) is 0. The molecule has 1 fully saturated rings. The van der Waals surface area contributed by atoms with E-state index in [9.17, 15) is 0 Å². The van der Waals surface area contributed by atoms with E-state index >= 15 is 0 Å². The van der Waals surface area contributed by atoms with Crippen LogP contribution >= 0.6 is 0 Å². The fraction of sp³-hybridized carbons (Fsp3) is 0.462. The summed E-state index contributed by atoms with van der Waals surface area (Å²) in [6.45, 7) is 1.89. The van der Waals surface area contributed by atoms with E-state index in [1.807, 2.05) is 6.20 Å². The molecule has 2 aromatic heterocycles. The number of imidazole rings is 1. The van der Waals surface area contributed by atoms with Crippen LogP contribution in [-0.4, -0.2) is 40.1 Å². The molecule has 0 spiro atoms. The number of ether oxygens (including phenoxy) is 1. The molecule has 3 rings (SSSR count). The summed E-state index contributed by atoms with van der Waals surface area (Å²) < 4.78 is 5.08. The highest BCUT2D eigenvalue weighted by atomic mass is 16.5. The number of aromatic amines is 1. The normalized spacial score (nSPS) is 19.4. The van der Waals surface area contributed by atoms with Crippen LogP contribution in [0.5, 0.6) is 5.75 Å². The minimum atomic E-state index is 0.425. The summed E-state index contributed by atoms with van der Waals surface area (Å²) in [5.74, 6) is 2.92. The van der Waals surface area contributed by atoms with Crippen LogP contribution in [0.2, 0.25) is 0 Å². The minimum absolute atomic E-state index is 0.425. The van der Waals surface area contributed by atoms with Gasteiger partial charge in [-0.3, -0.25) is 0 Å². The van der Waals surface area contributed by atoms with Crippen LogP contribution in [-0.2, 0) is 0 Å². The van der Waals surface area contributed by atoms with Crippen molar-refractivity contribution < 1.29 is 4.74 Å². The smallest absolute Gasteiger partial charge is 0.225 e. The van der Waals surface area contributed by atoms with Gasteiger partial charge in [0, 0.05) is 31.4 Å². The number of nitrogens with zero attached hydrogens (tertiary/aromatic N) is 4. The summed E-state index contributed by atoms with van der Waals surface area (Å²) in [6.07, 6.45) is 9.37. The lowest BCUT2D eigenvalue weighted by molar-refractivity contribution is 0.410. The van der Waals surface area contributed by atoms with E-state index in [2.05, 4.69) is 24.8 Å². The van der Waals surface area contributed by atoms with Crippen LogP contribution in [0.4, 0.5) is 5.95 Å². The SMILES string of the molecule is COc1cnc(N2CCC[C@@H](c3ncc[nH]3)C2)nc1. The first kappa shape index (κ1) is 12.0. The van der Waals surface area contributed by atoms with E-state index in [0.29, 0.717) is 11.7 Å². The van der Waals surface area contributed by atoms with Gasteiger partial charge < -0.3 is 14.6 Å². The largest absolute Gasteiger partial charge is 0.494 e. The molecule has 0 amide bonds. The third-order valence-electron chi connectivity index (χ3n) is 3.46. The van der Waals surface area contributed by atoms with Gasteiger partial charge in [-0.2, -0.15) is 0 Å². The van der Waals surface area contributed by atoms with Crippen molar-refractivity contribution in [1.82, 2.24) is 19.9 Å². The molecule has 1 aliphatic heterocycles. The number of anilines is 1. The maximum atomic E-state index is 5.08. The molecule has 100 valence electrons. The minimum Gasteiger partial charge on any atom is -0.494 e. The zero-order valence-electron chi connectivity index (χ0n) is 10.9. The van der Waals surface area contributed by atoms with Crippen molar-refractivity contribution in [2.24, 2.45) is 0 Å². The van der Waals surface area contributed by atoms with Crippen molar-refractivity contribution in [2.75, 3.05) is 25.1 Å². The van der Waals surface area contributed by atoms with E-state index in [4.69, 9.17) is 4.74 Å². The third-order valence-corrected chi connectivity index (χ3v) is 3.46. The lowest BCUT2D eigenvalue weighted by atomic mass is 9.98. The molecule has 3 heterocycles. The third kappa shape index (κ3) is 2.52. The number of hydrogen-bond acceptors (Lipinski definition) is 5. The molecule has 0 saturated carbocycles. The maximum Gasteiger partial charge on any atom is 0.225 e. The van der Waals surface area contributed by atoms with Crippen LogP contribution in [0.25, 0.3) is 0 Å². The summed E-state index contributed by atoms with van der Waals surface area (Å²) in [4.78, 5) is 18.5. The predicted octanol–water partition coefficient (Wildman–Crippen LogP) is 1.59. The highest BCUT2D eigenvalue weighted by Gasteiger charge is 2.24. The molecular formula is C13H17N5O. The molecule has 1 N–H and O–H groups in total. The van der Waals surface area contributed by atoms with Crippen LogP contribution in [0.1, 0.15) is 24.6 Å². The van der Waals surface area contributed by atoms with Crippen molar-refractivity contribution >= 4 is 5.95 Å². The van der Waals surface area contributed by atoms with Crippen molar-refractivity contribution in [3.63, 3.8) is 0 Å². The Balaban J connectivity index is 1.73. The van der Waals surface area contributed by atoms with Gasteiger partial charge in [-0.1, -0.05) is 0 Å². The molecular weight excluding hydrogens is 242 g/mol. The van der Waals surface area contributed by atoms with Gasteiger partial charge >= 0.3 is 0 Å². The van der Waals surface area contributed by atoms with Crippen LogP contribution in [0.15, 0.2) is 24.8 Å². The Bertz CT molecular complexity index is 510. The Kier molecular flexibility index (Phi) is 3.31. The Morgan fingerprint density at radius 3 is 2.84 bits per heavy atom. The second-order valence-corrected chi connectivity index (χ2v) is 4.68. The van der Waals surface area contributed by atoms with Crippen LogP contribution < -0.4 is 9.64 Å². The average molecular weight is 259 g/mol. The van der Waals surface area contributed by atoms with E-state index in [-0.39, 0.29) is 0 Å². The fourth-order valence-electron chi connectivity index (χ4n) is 2.46. The second-order valence-electron chi connectivity index (χ2n) is 4.68. The molecule has 0 unspecified atom stereocenters.